The maximum atomic E-state index is 12.6. The van der Waals surface area contributed by atoms with Gasteiger partial charge in [-0.15, -0.1) is 12.4 Å². The van der Waals surface area contributed by atoms with Gasteiger partial charge in [0, 0.05) is 18.2 Å². The third-order valence-electron chi connectivity index (χ3n) is 5.06. The molecule has 1 atom stereocenters. The number of aromatic nitrogens is 2. The van der Waals surface area contributed by atoms with Gasteiger partial charge in [-0.1, -0.05) is 54.6 Å². The summed E-state index contributed by atoms with van der Waals surface area (Å²) in [6.45, 7) is 4.33. The van der Waals surface area contributed by atoms with E-state index in [0.29, 0.717) is 6.54 Å². The molecule has 0 radical (unpaired) electrons. The third kappa shape index (κ3) is 4.43. The summed E-state index contributed by atoms with van der Waals surface area (Å²) in [6, 6.07) is 20.3. The number of carbonyl (C=O) groups excluding carboxylic acids is 1. The predicted octanol–water partition coefficient (Wildman–Crippen LogP) is 3.88. The number of amides is 1. The van der Waals surface area contributed by atoms with E-state index in [1.54, 1.807) is 0 Å². The molecular weight excluding hydrogens is 372 g/mol. The first-order valence-electron chi connectivity index (χ1n) is 9.40. The number of aryl methyl sites for hydroxylation is 1. The molecule has 4 rings (SSSR count). The van der Waals surface area contributed by atoms with Gasteiger partial charge in [0.2, 0.25) is 5.91 Å². The van der Waals surface area contributed by atoms with Crippen LogP contribution in [0.15, 0.2) is 60.7 Å². The molecule has 146 valence electrons. The molecule has 1 fully saturated rings. The number of nitrogens with zero attached hydrogens (tertiary/aromatic N) is 2. The van der Waals surface area contributed by atoms with Gasteiger partial charge in [-0.2, -0.15) is 5.10 Å². The standard InChI is InChI=1S/C22H24N4O.ClH/c1-16-7-5-6-10-19(16)20-13-21(24-22(27)18-11-12-23-14-18)26(25-20)15-17-8-3-2-4-9-17;/h2-10,13,18,23H,11-12,14-15H2,1H3,(H,24,27);1H. The van der Waals surface area contributed by atoms with E-state index < -0.39 is 0 Å². The van der Waals surface area contributed by atoms with Crippen molar-refractivity contribution in [3.8, 4) is 11.3 Å². The second-order valence-electron chi connectivity index (χ2n) is 7.05. The molecule has 1 aliphatic heterocycles. The largest absolute Gasteiger partial charge is 0.316 e. The highest BCUT2D eigenvalue weighted by Crippen LogP contribution is 2.26. The highest BCUT2D eigenvalue weighted by Gasteiger charge is 2.24. The van der Waals surface area contributed by atoms with Crippen molar-refractivity contribution in [2.45, 2.75) is 19.9 Å². The van der Waals surface area contributed by atoms with Gasteiger partial charge in [0.15, 0.2) is 0 Å². The van der Waals surface area contributed by atoms with Gasteiger partial charge in [0.05, 0.1) is 18.2 Å². The first-order chi connectivity index (χ1) is 13.2. The van der Waals surface area contributed by atoms with Gasteiger partial charge in [-0.05, 0) is 31.0 Å². The fourth-order valence-corrected chi connectivity index (χ4v) is 3.49. The number of anilines is 1. The minimum absolute atomic E-state index is 0. The quantitative estimate of drug-likeness (QED) is 0.688. The first kappa shape index (κ1) is 20.1. The van der Waals surface area contributed by atoms with Crippen molar-refractivity contribution in [2.24, 2.45) is 5.92 Å². The number of hydrogen-bond acceptors (Lipinski definition) is 3. The number of nitrogens with one attached hydrogen (secondary N) is 2. The maximum Gasteiger partial charge on any atom is 0.229 e. The van der Waals surface area contributed by atoms with Crippen molar-refractivity contribution in [2.75, 3.05) is 18.4 Å². The minimum atomic E-state index is 0. The van der Waals surface area contributed by atoms with Crippen molar-refractivity contribution < 1.29 is 4.79 Å². The monoisotopic (exact) mass is 396 g/mol. The Morgan fingerprint density at radius 3 is 2.64 bits per heavy atom. The summed E-state index contributed by atoms with van der Waals surface area (Å²) >= 11 is 0. The van der Waals surface area contributed by atoms with Crippen LogP contribution >= 0.6 is 12.4 Å². The molecule has 5 nitrogen and oxygen atoms in total. The second kappa shape index (κ2) is 9.04. The van der Waals surface area contributed by atoms with Crippen LogP contribution in [0.2, 0.25) is 0 Å². The van der Waals surface area contributed by atoms with Crippen LogP contribution in [0.25, 0.3) is 11.3 Å². The normalized spacial score (nSPS) is 15.8. The summed E-state index contributed by atoms with van der Waals surface area (Å²) < 4.78 is 1.89. The van der Waals surface area contributed by atoms with Crippen LogP contribution in [-0.4, -0.2) is 28.8 Å². The van der Waals surface area contributed by atoms with Crippen molar-refractivity contribution in [3.63, 3.8) is 0 Å². The van der Waals surface area contributed by atoms with Crippen LogP contribution < -0.4 is 10.6 Å². The lowest BCUT2D eigenvalue weighted by Crippen LogP contribution is -2.26. The summed E-state index contributed by atoms with van der Waals surface area (Å²) in [5.74, 6) is 0.825. The van der Waals surface area contributed by atoms with E-state index in [4.69, 9.17) is 5.10 Å². The van der Waals surface area contributed by atoms with E-state index in [1.807, 2.05) is 41.1 Å². The molecule has 1 saturated heterocycles. The first-order valence-corrected chi connectivity index (χ1v) is 9.40. The van der Waals surface area contributed by atoms with Crippen molar-refractivity contribution in [1.29, 1.82) is 0 Å². The molecule has 1 aliphatic rings. The molecular formula is C22H25ClN4O. The molecule has 1 amide bonds. The van der Waals surface area contributed by atoms with Crippen LogP contribution in [-0.2, 0) is 11.3 Å². The van der Waals surface area contributed by atoms with Gasteiger partial charge < -0.3 is 10.6 Å². The molecule has 0 aliphatic carbocycles. The summed E-state index contributed by atoms with van der Waals surface area (Å²) in [6.07, 6.45) is 0.878. The molecule has 2 heterocycles. The maximum absolute atomic E-state index is 12.6. The van der Waals surface area contributed by atoms with E-state index in [9.17, 15) is 4.79 Å². The lowest BCUT2D eigenvalue weighted by molar-refractivity contribution is -0.119. The van der Waals surface area contributed by atoms with Crippen LogP contribution in [0.5, 0.6) is 0 Å². The van der Waals surface area contributed by atoms with Crippen molar-refractivity contribution >= 4 is 24.1 Å². The van der Waals surface area contributed by atoms with Crippen molar-refractivity contribution in [3.05, 3.63) is 71.8 Å². The molecule has 3 aromatic rings. The molecule has 0 saturated carbocycles. The minimum Gasteiger partial charge on any atom is -0.316 e. The molecule has 2 aromatic carbocycles. The topological polar surface area (TPSA) is 59.0 Å². The van der Waals surface area contributed by atoms with E-state index in [2.05, 4.69) is 41.8 Å². The number of carbonyl (C=O) groups is 1. The number of halogens is 1. The highest BCUT2D eigenvalue weighted by molar-refractivity contribution is 5.92. The van der Waals surface area contributed by atoms with E-state index in [0.717, 1.165) is 42.1 Å². The molecule has 28 heavy (non-hydrogen) atoms. The predicted molar refractivity (Wildman–Crippen MR) is 115 cm³/mol. The molecule has 2 N–H and O–H groups in total. The Kier molecular flexibility index (Phi) is 6.49. The zero-order chi connectivity index (χ0) is 18.6. The number of hydrogen-bond donors (Lipinski definition) is 2. The summed E-state index contributed by atoms with van der Waals surface area (Å²) in [5, 5.41) is 11.2. The SMILES string of the molecule is Cc1ccccc1-c1cc(NC(=O)C2CCNC2)n(Cc2ccccc2)n1.Cl. The van der Waals surface area contributed by atoms with Gasteiger partial charge >= 0.3 is 0 Å². The number of benzene rings is 2. The Morgan fingerprint density at radius 2 is 1.93 bits per heavy atom. The Balaban J connectivity index is 0.00000225. The molecule has 0 spiro atoms. The summed E-state index contributed by atoms with van der Waals surface area (Å²) in [5.41, 5.74) is 4.28. The lowest BCUT2D eigenvalue weighted by Gasteiger charge is -2.12. The van der Waals surface area contributed by atoms with Gasteiger partial charge in [0.1, 0.15) is 5.82 Å². The van der Waals surface area contributed by atoms with Crippen molar-refractivity contribution in [1.82, 2.24) is 15.1 Å². The van der Waals surface area contributed by atoms with Crippen LogP contribution in [0.4, 0.5) is 5.82 Å². The average Bonchev–Trinajstić information content (AvgIpc) is 3.34. The zero-order valence-corrected chi connectivity index (χ0v) is 16.7. The second-order valence-corrected chi connectivity index (χ2v) is 7.05. The smallest absolute Gasteiger partial charge is 0.229 e. The van der Waals surface area contributed by atoms with Gasteiger partial charge in [0.25, 0.3) is 0 Å². The number of rotatable bonds is 5. The van der Waals surface area contributed by atoms with Gasteiger partial charge in [-0.3, -0.25) is 4.79 Å². The Hall–Kier alpha value is -2.63. The van der Waals surface area contributed by atoms with E-state index in [-0.39, 0.29) is 24.2 Å². The average molecular weight is 397 g/mol. The molecule has 1 unspecified atom stereocenters. The van der Waals surface area contributed by atoms with Crippen LogP contribution in [0.1, 0.15) is 17.5 Å². The van der Waals surface area contributed by atoms with Crippen LogP contribution in [0, 0.1) is 12.8 Å². The summed E-state index contributed by atoms with van der Waals surface area (Å²) in [7, 11) is 0. The molecule has 6 heteroatoms. The molecule has 0 bridgehead atoms. The third-order valence-corrected chi connectivity index (χ3v) is 5.06. The Morgan fingerprint density at radius 1 is 1.18 bits per heavy atom. The van der Waals surface area contributed by atoms with Gasteiger partial charge in [-0.25, -0.2) is 4.68 Å². The molecule has 1 aromatic heterocycles. The Bertz CT molecular complexity index is 933. The fourth-order valence-electron chi connectivity index (χ4n) is 3.49. The Labute approximate surface area is 171 Å². The van der Waals surface area contributed by atoms with Crippen LogP contribution in [0.3, 0.4) is 0 Å². The summed E-state index contributed by atoms with van der Waals surface area (Å²) in [4.78, 5) is 12.6. The van der Waals surface area contributed by atoms with E-state index in [1.165, 1.54) is 5.56 Å². The van der Waals surface area contributed by atoms with E-state index >= 15 is 0 Å². The fraction of sp³-hybridized carbons (Fsp3) is 0.273. The lowest BCUT2D eigenvalue weighted by atomic mass is 10.1. The zero-order valence-electron chi connectivity index (χ0n) is 15.9. The highest BCUT2D eigenvalue weighted by atomic mass is 35.5.